The van der Waals surface area contributed by atoms with E-state index in [1.165, 1.54) is 11.8 Å². The van der Waals surface area contributed by atoms with E-state index in [1.54, 1.807) is 36.9 Å². The highest BCUT2D eigenvalue weighted by atomic mass is 35.5. The van der Waals surface area contributed by atoms with E-state index < -0.39 is 0 Å². The summed E-state index contributed by atoms with van der Waals surface area (Å²) < 4.78 is 12.1. The highest BCUT2D eigenvalue weighted by molar-refractivity contribution is 7.99. The number of carbonyl (C=O) groups excluding carboxylic acids is 1. The van der Waals surface area contributed by atoms with E-state index in [2.05, 4.69) is 20.6 Å². The zero-order valence-electron chi connectivity index (χ0n) is 16.7. The van der Waals surface area contributed by atoms with Crippen LogP contribution in [-0.4, -0.2) is 45.7 Å². The van der Waals surface area contributed by atoms with Gasteiger partial charge in [-0.15, -0.1) is 10.2 Å². The standard InChI is InChI=1S/C21H18ClN5O3S/c1-29-15-7-9-18(30-2)17(11-15)23-20(28)12-31-21-25-24-19-10-8-16(26-27(19)21)13-3-5-14(22)6-4-13/h3-11H,12H2,1-2H3,(H,23,28). The number of amides is 1. The Labute approximate surface area is 187 Å². The SMILES string of the molecule is COc1ccc(OC)c(NC(=O)CSc2nnc3ccc(-c4ccc(Cl)cc4)nn23)c1. The van der Waals surface area contributed by atoms with Crippen molar-refractivity contribution in [3.8, 4) is 22.8 Å². The highest BCUT2D eigenvalue weighted by Crippen LogP contribution is 2.29. The number of halogens is 1. The molecule has 0 saturated heterocycles. The maximum atomic E-state index is 12.5. The molecule has 0 bridgehead atoms. The molecule has 8 nitrogen and oxygen atoms in total. The first-order valence-electron chi connectivity index (χ1n) is 9.20. The Morgan fingerprint density at radius 2 is 1.87 bits per heavy atom. The van der Waals surface area contributed by atoms with Crippen LogP contribution in [0.5, 0.6) is 11.5 Å². The molecule has 10 heteroatoms. The van der Waals surface area contributed by atoms with E-state index >= 15 is 0 Å². The Morgan fingerprint density at radius 3 is 2.61 bits per heavy atom. The van der Waals surface area contributed by atoms with Crippen molar-refractivity contribution < 1.29 is 14.3 Å². The van der Waals surface area contributed by atoms with Crippen molar-refractivity contribution >= 4 is 40.6 Å². The number of nitrogens with zero attached hydrogens (tertiary/aromatic N) is 4. The number of rotatable bonds is 7. The summed E-state index contributed by atoms with van der Waals surface area (Å²) in [5.41, 5.74) is 2.78. The number of hydrogen-bond donors (Lipinski definition) is 1. The third-order valence-corrected chi connectivity index (χ3v) is 5.56. The summed E-state index contributed by atoms with van der Waals surface area (Å²) in [7, 11) is 3.10. The van der Waals surface area contributed by atoms with Crippen LogP contribution in [0.4, 0.5) is 5.69 Å². The van der Waals surface area contributed by atoms with Gasteiger partial charge in [0.2, 0.25) is 11.1 Å². The number of thioether (sulfide) groups is 1. The van der Waals surface area contributed by atoms with Gasteiger partial charge in [-0.1, -0.05) is 35.5 Å². The number of anilines is 1. The molecule has 0 spiro atoms. The summed E-state index contributed by atoms with van der Waals surface area (Å²) in [6, 6.07) is 16.3. The minimum Gasteiger partial charge on any atom is -0.497 e. The fourth-order valence-corrected chi connectivity index (χ4v) is 3.68. The number of ether oxygens (including phenoxy) is 2. The van der Waals surface area contributed by atoms with Crippen molar-refractivity contribution in [3.63, 3.8) is 0 Å². The summed E-state index contributed by atoms with van der Waals surface area (Å²) in [6.45, 7) is 0. The van der Waals surface area contributed by atoms with Crippen molar-refractivity contribution in [2.75, 3.05) is 25.3 Å². The van der Waals surface area contributed by atoms with Crippen LogP contribution in [0.1, 0.15) is 0 Å². The van der Waals surface area contributed by atoms with E-state index in [0.29, 0.717) is 33.0 Å². The van der Waals surface area contributed by atoms with Gasteiger partial charge in [0.15, 0.2) is 5.65 Å². The van der Waals surface area contributed by atoms with E-state index in [0.717, 1.165) is 11.3 Å². The molecule has 2 heterocycles. The number of nitrogens with one attached hydrogen (secondary N) is 1. The van der Waals surface area contributed by atoms with Gasteiger partial charge in [0.1, 0.15) is 11.5 Å². The smallest absolute Gasteiger partial charge is 0.234 e. The zero-order chi connectivity index (χ0) is 21.8. The first-order chi connectivity index (χ1) is 15.1. The first kappa shape index (κ1) is 21.0. The van der Waals surface area contributed by atoms with Crippen LogP contribution in [-0.2, 0) is 4.79 Å². The van der Waals surface area contributed by atoms with Crippen molar-refractivity contribution in [2.24, 2.45) is 0 Å². The molecule has 0 atom stereocenters. The van der Waals surface area contributed by atoms with Crippen LogP contribution in [0.3, 0.4) is 0 Å². The number of hydrogen-bond acceptors (Lipinski definition) is 7. The van der Waals surface area contributed by atoms with E-state index in [-0.39, 0.29) is 11.7 Å². The molecule has 4 rings (SSSR count). The molecule has 158 valence electrons. The van der Waals surface area contributed by atoms with Gasteiger partial charge < -0.3 is 14.8 Å². The normalized spacial score (nSPS) is 10.8. The van der Waals surface area contributed by atoms with Gasteiger partial charge >= 0.3 is 0 Å². The van der Waals surface area contributed by atoms with Crippen molar-refractivity contribution in [1.82, 2.24) is 19.8 Å². The number of benzene rings is 2. The lowest BCUT2D eigenvalue weighted by atomic mass is 10.1. The monoisotopic (exact) mass is 455 g/mol. The largest absolute Gasteiger partial charge is 0.497 e. The third kappa shape index (κ3) is 4.73. The Hall–Kier alpha value is -3.30. The molecule has 2 aromatic carbocycles. The number of carbonyl (C=O) groups is 1. The summed E-state index contributed by atoms with van der Waals surface area (Å²) in [5, 5.41) is 16.9. The topological polar surface area (TPSA) is 90.6 Å². The molecule has 0 aliphatic carbocycles. The Morgan fingerprint density at radius 1 is 1.06 bits per heavy atom. The summed E-state index contributed by atoms with van der Waals surface area (Å²) in [4.78, 5) is 12.5. The zero-order valence-corrected chi connectivity index (χ0v) is 18.3. The average molecular weight is 456 g/mol. The molecule has 31 heavy (non-hydrogen) atoms. The van der Waals surface area contributed by atoms with Gasteiger partial charge in [-0.2, -0.15) is 9.61 Å². The molecule has 4 aromatic rings. The molecule has 0 aliphatic heterocycles. The molecule has 0 radical (unpaired) electrons. The maximum absolute atomic E-state index is 12.5. The molecule has 0 aliphatic rings. The molecular formula is C21H18ClN5O3S. The Balaban J connectivity index is 1.49. The molecule has 0 unspecified atom stereocenters. The molecular weight excluding hydrogens is 438 g/mol. The lowest BCUT2D eigenvalue weighted by Crippen LogP contribution is -2.15. The van der Waals surface area contributed by atoms with Crippen LogP contribution in [0.25, 0.3) is 16.9 Å². The summed E-state index contributed by atoms with van der Waals surface area (Å²) in [5.74, 6) is 1.06. The highest BCUT2D eigenvalue weighted by Gasteiger charge is 2.14. The second-order valence-corrected chi connectivity index (χ2v) is 7.76. The Bertz CT molecular complexity index is 1230. The van der Waals surface area contributed by atoms with Gasteiger partial charge in [0.05, 0.1) is 31.4 Å². The van der Waals surface area contributed by atoms with E-state index in [9.17, 15) is 4.79 Å². The summed E-state index contributed by atoms with van der Waals surface area (Å²) >= 11 is 7.20. The van der Waals surface area contributed by atoms with Gasteiger partial charge in [-0.05, 0) is 36.4 Å². The Kier molecular flexibility index (Phi) is 6.24. The van der Waals surface area contributed by atoms with Crippen LogP contribution in [0.15, 0.2) is 59.8 Å². The second-order valence-electron chi connectivity index (χ2n) is 6.38. The number of methoxy groups -OCH3 is 2. The van der Waals surface area contributed by atoms with Gasteiger partial charge in [0.25, 0.3) is 0 Å². The summed E-state index contributed by atoms with van der Waals surface area (Å²) in [6.07, 6.45) is 0. The van der Waals surface area contributed by atoms with Crippen molar-refractivity contribution in [3.05, 3.63) is 59.6 Å². The first-order valence-corrected chi connectivity index (χ1v) is 10.6. The number of aromatic nitrogens is 4. The van der Waals surface area contributed by atoms with Crippen LogP contribution in [0.2, 0.25) is 5.02 Å². The maximum Gasteiger partial charge on any atom is 0.234 e. The van der Waals surface area contributed by atoms with E-state index in [1.807, 2.05) is 36.4 Å². The number of fused-ring (bicyclic) bond motifs is 1. The molecule has 0 fully saturated rings. The third-order valence-electron chi connectivity index (χ3n) is 4.39. The predicted molar refractivity (Wildman–Crippen MR) is 120 cm³/mol. The van der Waals surface area contributed by atoms with Gasteiger partial charge in [0, 0.05) is 16.7 Å². The minimum atomic E-state index is -0.220. The van der Waals surface area contributed by atoms with Crippen LogP contribution in [0, 0.1) is 0 Å². The molecule has 0 saturated carbocycles. The molecule has 1 amide bonds. The lowest BCUT2D eigenvalue weighted by Gasteiger charge is -2.11. The predicted octanol–water partition coefficient (Wildman–Crippen LogP) is 4.19. The minimum absolute atomic E-state index is 0.119. The van der Waals surface area contributed by atoms with Gasteiger partial charge in [-0.3, -0.25) is 4.79 Å². The quantitative estimate of drug-likeness (QED) is 0.418. The fraction of sp³-hybridized carbons (Fsp3) is 0.143. The average Bonchev–Trinajstić information content (AvgIpc) is 3.20. The van der Waals surface area contributed by atoms with Crippen molar-refractivity contribution in [1.29, 1.82) is 0 Å². The second kappa shape index (κ2) is 9.23. The van der Waals surface area contributed by atoms with Crippen LogP contribution < -0.4 is 14.8 Å². The van der Waals surface area contributed by atoms with E-state index in [4.69, 9.17) is 21.1 Å². The van der Waals surface area contributed by atoms with Crippen molar-refractivity contribution in [2.45, 2.75) is 5.16 Å². The molecule has 1 N–H and O–H groups in total. The fourth-order valence-electron chi connectivity index (χ4n) is 2.86. The lowest BCUT2D eigenvalue weighted by molar-refractivity contribution is -0.113. The molecule has 2 aromatic heterocycles. The van der Waals surface area contributed by atoms with Crippen LogP contribution >= 0.6 is 23.4 Å². The van der Waals surface area contributed by atoms with Gasteiger partial charge in [-0.25, -0.2) is 0 Å².